The fourth-order valence-electron chi connectivity index (χ4n) is 3.90. The van der Waals surface area contributed by atoms with Gasteiger partial charge in [-0.1, -0.05) is 30.3 Å². The first kappa shape index (κ1) is 18.7. The number of carbonyl (C=O) groups excluding carboxylic acids is 1. The third kappa shape index (κ3) is 4.36. The van der Waals surface area contributed by atoms with Crippen molar-refractivity contribution in [3.8, 4) is 0 Å². The molecule has 1 saturated carbocycles. The normalized spacial score (nSPS) is 24.9. The second kappa shape index (κ2) is 6.91. The van der Waals surface area contributed by atoms with E-state index in [9.17, 15) is 14.7 Å². The van der Waals surface area contributed by atoms with Crippen LogP contribution in [0.3, 0.4) is 0 Å². The average molecular weight is 360 g/mol. The summed E-state index contributed by atoms with van der Waals surface area (Å²) in [6, 6.07) is 10.1. The first-order valence-electron chi connectivity index (χ1n) is 9.19. The van der Waals surface area contributed by atoms with Gasteiger partial charge in [0.25, 0.3) is 0 Å². The van der Waals surface area contributed by atoms with Gasteiger partial charge in [-0.05, 0) is 39.2 Å². The van der Waals surface area contributed by atoms with E-state index < -0.39 is 29.1 Å². The van der Waals surface area contributed by atoms with Crippen LogP contribution in [-0.4, -0.2) is 46.3 Å². The summed E-state index contributed by atoms with van der Waals surface area (Å²) in [7, 11) is 0. The van der Waals surface area contributed by atoms with Crippen LogP contribution in [0.5, 0.6) is 0 Å². The van der Waals surface area contributed by atoms with Crippen LogP contribution in [0, 0.1) is 11.8 Å². The number of rotatable bonds is 5. The molecule has 0 aromatic heterocycles. The highest BCUT2D eigenvalue weighted by molar-refractivity contribution is 5.73. The maximum Gasteiger partial charge on any atom is 0.408 e. The van der Waals surface area contributed by atoms with Crippen molar-refractivity contribution in [2.45, 2.75) is 51.3 Å². The number of ether oxygens (including phenoxy) is 1. The maximum absolute atomic E-state index is 12.2. The Hall–Kier alpha value is -2.08. The summed E-state index contributed by atoms with van der Waals surface area (Å²) in [6.45, 7) is 7.37. The average Bonchev–Trinajstić information content (AvgIpc) is 3.16. The lowest BCUT2D eigenvalue weighted by Gasteiger charge is -2.29. The molecule has 1 aromatic rings. The predicted molar refractivity (Wildman–Crippen MR) is 97.7 cm³/mol. The molecule has 26 heavy (non-hydrogen) atoms. The molecule has 142 valence electrons. The number of nitrogens with one attached hydrogen (secondary N) is 1. The van der Waals surface area contributed by atoms with Gasteiger partial charge in [0, 0.05) is 31.1 Å². The van der Waals surface area contributed by atoms with Gasteiger partial charge in [-0.15, -0.1) is 0 Å². The van der Waals surface area contributed by atoms with Crippen LogP contribution < -0.4 is 5.32 Å². The molecule has 3 rings (SSSR count). The van der Waals surface area contributed by atoms with Crippen LogP contribution in [-0.2, 0) is 16.1 Å². The molecule has 2 atom stereocenters. The van der Waals surface area contributed by atoms with Gasteiger partial charge in [0.05, 0.1) is 5.92 Å². The van der Waals surface area contributed by atoms with Crippen LogP contribution >= 0.6 is 0 Å². The van der Waals surface area contributed by atoms with Crippen molar-refractivity contribution in [3.63, 3.8) is 0 Å². The number of carboxylic acids is 1. The van der Waals surface area contributed by atoms with Gasteiger partial charge in [-0.25, -0.2) is 4.79 Å². The zero-order valence-electron chi connectivity index (χ0n) is 15.7. The first-order valence-corrected chi connectivity index (χ1v) is 9.19. The summed E-state index contributed by atoms with van der Waals surface area (Å²) >= 11 is 0. The number of benzene rings is 1. The summed E-state index contributed by atoms with van der Waals surface area (Å²) in [5.74, 6) is -1.37. The summed E-state index contributed by atoms with van der Waals surface area (Å²) in [5, 5.41) is 12.7. The molecular weight excluding hydrogens is 332 g/mol. The highest BCUT2D eigenvalue weighted by Crippen LogP contribution is 2.48. The molecule has 1 saturated heterocycles. The molecule has 0 radical (unpaired) electrons. The van der Waals surface area contributed by atoms with Crippen molar-refractivity contribution in [3.05, 3.63) is 35.9 Å². The summed E-state index contributed by atoms with van der Waals surface area (Å²) in [4.78, 5) is 26.2. The molecule has 1 aromatic carbocycles. The molecule has 2 N–H and O–H groups in total. The molecule has 2 fully saturated rings. The zero-order chi connectivity index (χ0) is 18.9. The third-order valence-electron chi connectivity index (χ3n) is 5.21. The number of alkyl carbamates (subject to hydrolysis) is 1. The molecule has 2 aliphatic rings. The third-order valence-corrected chi connectivity index (χ3v) is 5.21. The Kier molecular flexibility index (Phi) is 4.97. The lowest BCUT2D eigenvalue weighted by molar-refractivity contribution is -0.143. The lowest BCUT2D eigenvalue weighted by atomic mass is 9.87. The van der Waals surface area contributed by atoms with Crippen LogP contribution in [0.15, 0.2) is 30.3 Å². The van der Waals surface area contributed by atoms with E-state index in [1.54, 1.807) is 0 Å². The van der Waals surface area contributed by atoms with Crippen LogP contribution in [0.25, 0.3) is 0 Å². The molecule has 6 nitrogen and oxygen atoms in total. The molecule has 0 spiro atoms. The molecule has 1 heterocycles. The number of hydrogen-bond donors (Lipinski definition) is 2. The van der Waals surface area contributed by atoms with Crippen LogP contribution in [0.1, 0.15) is 39.2 Å². The van der Waals surface area contributed by atoms with Crippen LogP contribution in [0.4, 0.5) is 4.79 Å². The van der Waals surface area contributed by atoms with E-state index in [4.69, 9.17) is 4.74 Å². The highest BCUT2D eigenvalue weighted by atomic mass is 16.6. The van der Waals surface area contributed by atoms with Crippen molar-refractivity contribution < 1.29 is 19.4 Å². The lowest BCUT2D eigenvalue weighted by Crippen LogP contribution is -2.48. The second-order valence-corrected chi connectivity index (χ2v) is 8.51. The smallest absolute Gasteiger partial charge is 0.408 e. The van der Waals surface area contributed by atoms with Gasteiger partial charge in [0.1, 0.15) is 5.60 Å². The zero-order valence-corrected chi connectivity index (χ0v) is 15.7. The van der Waals surface area contributed by atoms with Crippen molar-refractivity contribution in [2.75, 3.05) is 13.1 Å². The number of nitrogens with zero attached hydrogens (tertiary/aromatic N) is 1. The van der Waals surface area contributed by atoms with Gasteiger partial charge in [-0.2, -0.15) is 0 Å². The van der Waals surface area contributed by atoms with Crippen LogP contribution in [0.2, 0.25) is 0 Å². The van der Waals surface area contributed by atoms with Crippen molar-refractivity contribution >= 4 is 12.1 Å². The summed E-state index contributed by atoms with van der Waals surface area (Å²) < 4.78 is 5.38. The summed E-state index contributed by atoms with van der Waals surface area (Å²) in [5.41, 5.74) is 0.153. The van der Waals surface area contributed by atoms with Gasteiger partial charge >= 0.3 is 12.1 Å². The Morgan fingerprint density at radius 2 is 1.88 bits per heavy atom. The second-order valence-electron chi connectivity index (χ2n) is 8.51. The quantitative estimate of drug-likeness (QED) is 0.844. The molecule has 1 aliphatic heterocycles. The van der Waals surface area contributed by atoms with E-state index in [1.807, 2.05) is 39.0 Å². The fourth-order valence-corrected chi connectivity index (χ4v) is 3.90. The van der Waals surface area contributed by atoms with Gasteiger partial charge < -0.3 is 15.2 Å². The predicted octanol–water partition coefficient (Wildman–Crippen LogP) is 2.88. The van der Waals surface area contributed by atoms with Crippen molar-refractivity contribution in [1.29, 1.82) is 0 Å². The standard InChI is InChI=1S/C20H28N2O4/c1-19(2,3)26-18(25)21-20(9-10-20)16-13-22(12-15(16)17(23)24)11-14-7-5-4-6-8-14/h4-8,15-16H,9-13H2,1-3H3,(H,21,25)(H,23,24)/t15-,16+/m1/s1. The molecule has 0 unspecified atom stereocenters. The Morgan fingerprint density at radius 1 is 1.23 bits per heavy atom. The molecule has 6 heteroatoms. The largest absolute Gasteiger partial charge is 0.481 e. The maximum atomic E-state index is 12.2. The van der Waals surface area contributed by atoms with Crippen molar-refractivity contribution in [2.24, 2.45) is 11.8 Å². The Balaban J connectivity index is 1.69. The summed E-state index contributed by atoms with van der Waals surface area (Å²) in [6.07, 6.45) is 1.15. The molecule has 1 aliphatic carbocycles. The molecular formula is C20H28N2O4. The van der Waals surface area contributed by atoms with E-state index >= 15 is 0 Å². The fraction of sp³-hybridized carbons (Fsp3) is 0.600. The van der Waals surface area contributed by atoms with E-state index in [0.717, 1.165) is 19.4 Å². The highest BCUT2D eigenvalue weighted by Gasteiger charge is 2.57. The SMILES string of the molecule is CC(C)(C)OC(=O)NC1([C@H]2CN(Cc3ccccc3)C[C@H]2C(=O)O)CC1. The van der Waals surface area contributed by atoms with Gasteiger partial charge in [-0.3, -0.25) is 9.69 Å². The van der Waals surface area contributed by atoms with Gasteiger partial charge in [0.15, 0.2) is 0 Å². The minimum atomic E-state index is -0.789. The number of carboxylic acid groups (broad SMARTS) is 1. The van der Waals surface area contributed by atoms with E-state index in [0.29, 0.717) is 13.1 Å². The van der Waals surface area contributed by atoms with E-state index in [1.165, 1.54) is 5.56 Å². The topological polar surface area (TPSA) is 78.9 Å². The van der Waals surface area contributed by atoms with Gasteiger partial charge in [0.2, 0.25) is 0 Å². The van der Waals surface area contributed by atoms with E-state index in [-0.39, 0.29) is 5.92 Å². The van der Waals surface area contributed by atoms with Crippen molar-refractivity contribution in [1.82, 2.24) is 10.2 Å². The Labute approximate surface area is 154 Å². The Bertz CT molecular complexity index is 664. The minimum Gasteiger partial charge on any atom is -0.481 e. The number of hydrogen-bond acceptors (Lipinski definition) is 4. The number of amides is 1. The Morgan fingerprint density at radius 3 is 2.42 bits per heavy atom. The number of likely N-dealkylation sites (tertiary alicyclic amines) is 1. The minimum absolute atomic E-state index is 0.101. The monoisotopic (exact) mass is 360 g/mol. The first-order chi connectivity index (χ1) is 12.2. The number of carbonyl (C=O) groups is 2. The molecule has 0 bridgehead atoms. The number of aliphatic carboxylic acids is 1. The van der Waals surface area contributed by atoms with E-state index in [2.05, 4.69) is 22.3 Å². The molecule has 1 amide bonds.